The molecule has 0 radical (unpaired) electrons. The van der Waals surface area contributed by atoms with E-state index in [1.54, 1.807) is 7.11 Å². The summed E-state index contributed by atoms with van der Waals surface area (Å²) in [6.45, 7) is 2.86. The molecular weight excluding hydrogens is 274 g/mol. The molecule has 0 aliphatic rings. The van der Waals surface area contributed by atoms with Gasteiger partial charge in [0.25, 0.3) is 0 Å². The number of fused-ring (bicyclic) bond motifs is 1. The molecule has 0 bridgehead atoms. The van der Waals surface area contributed by atoms with Crippen molar-refractivity contribution in [3.8, 4) is 23.1 Å². The number of hydrogen-bond acceptors (Lipinski definition) is 3. The van der Waals surface area contributed by atoms with Crippen LogP contribution < -0.4 is 10.5 Å². The summed E-state index contributed by atoms with van der Waals surface area (Å²) in [5, 5.41) is 10.6. The minimum absolute atomic E-state index is 0.667. The number of nitriles is 1. The van der Waals surface area contributed by atoms with Crippen LogP contribution in [0.2, 0.25) is 0 Å². The average molecular weight is 291 g/mol. The molecule has 0 aliphatic carbocycles. The normalized spacial score (nSPS) is 10.6. The van der Waals surface area contributed by atoms with E-state index in [1.165, 1.54) is 0 Å². The first-order chi connectivity index (χ1) is 10.7. The Balaban J connectivity index is 2.37. The molecule has 0 unspecified atom stereocenters. The third-order valence-corrected chi connectivity index (χ3v) is 3.88. The molecule has 22 heavy (non-hydrogen) atoms. The Morgan fingerprint density at radius 3 is 2.50 bits per heavy atom. The van der Waals surface area contributed by atoms with Gasteiger partial charge in [-0.2, -0.15) is 5.26 Å². The van der Waals surface area contributed by atoms with E-state index in [4.69, 9.17) is 10.5 Å². The lowest BCUT2D eigenvalue weighted by molar-refractivity contribution is 0.415. The summed E-state index contributed by atoms with van der Waals surface area (Å²) >= 11 is 0. The van der Waals surface area contributed by atoms with Gasteiger partial charge in [0, 0.05) is 17.6 Å². The maximum atomic E-state index is 9.68. The number of anilines is 1. The molecule has 110 valence electrons. The zero-order valence-corrected chi connectivity index (χ0v) is 12.6. The van der Waals surface area contributed by atoms with E-state index in [9.17, 15) is 5.26 Å². The van der Waals surface area contributed by atoms with Crippen molar-refractivity contribution in [3.63, 3.8) is 0 Å². The van der Waals surface area contributed by atoms with E-state index in [0.29, 0.717) is 11.3 Å². The molecule has 0 spiro atoms. The fourth-order valence-electron chi connectivity index (χ4n) is 2.84. The van der Waals surface area contributed by atoms with Gasteiger partial charge in [0.15, 0.2) is 0 Å². The smallest absolute Gasteiger partial charge is 0.119 e. The second-order valence-corrected chi connectivity index (χ2v) is 5.08. The fraction of sp³-hybridized carbons (Fsp3) is 0.167. The van der Waals surface area contributed by atoms with Crippen molar-refractivity contribution in [1.29, 1.82) is 5.26 Å². The largest absolute Gasteiger partial charge is 0.497 e. The Labute approximate surface area is 129 Å². The molecule has 3 rings (SSSR count). The summed E-state index contributed by atoms with van der Waals surface area (Å²) in [6, 6.07) is 15.8. The molecule has 1 heterocycles. The first kappa shape index (κ1) is 14.0. The van der Waals surface area contributed by atoms with E-state index < -0.39 is 0 Å². The molecule has 4 heteroatoms. The van der Waals surface area contributed by atoms with Gasteiger partial charge in [-0.05, 0) is 42.8 Å². The van der Waals surface area contributed by atoms with Gasteiger partial charge in [-0.1, -0.05) is 12.1 Å². The van der Waals surface area contributed by atoms with E-state index in [-0.39, 0.29) is 0 Å². The highest BCUT2D eigenvalue weighted by molar-refractivity contribution is 5.95. The van der Waals surface area contributed by atoms with Crippen LogP contribution in [-0.2, 0) is 6.54 Å². The lowest BCUT2D eigenvalue weighted by atomic mass is 10.1. The quantitative estimate of drug-likeness (QED) is 0.747. The Morgan fingerprint density at radius 2 is 1.91 bits per heavy atom. The number of methoxy groups -OCH3 is 1. The van der Waals surface area contributed by atoms with Gasteiger partial charge in [-0.15, -0.1) is 0 Å². The summed E-state index contributed by atoms with van der Waals surface area (Å²) in [7, 11) is 1.63. The topological polar surface area (TPSA) is 64.0 Å². The average Bonchev–Trinajstić information content (AvgIpc) is 2.87. The lowest BCUT2D eigenvalue weighted by Gasteiger charge is -2.09. The molecule has 2 N–H and O–H groups in total. The van der Waals surface area contributed by atoms with Crippen LogP contribution >= 0.6 is 0 Å². The summed E-state index contributed by atoms with van der Waals surface area (Å²) in [4.78, 5) is 0. The van der Waals surface area contributed by atoms with Crippen LogP contribution in [0.5, 0.6) is 5.75 Å². The number of nitrogens with two attached hydrogens (primary N) is 1. The van der Waals surface area contributed by atoms with Crippen LogP contribution in [-0.4, -0.2) is 11.7 Å². The Bertz CT molecular complexity index is 870. The van der Waals surface area contributed by atoms with Crippen molar-refractivity contribution in [2.24, 2.45) is 0 Å². The number of benzene rings is 2. The number of aromatic nitrogens is 1. The summed E-state index contributed by atoms with van der Waals surface area (Å²) in [5.41, 5.74) is 10.1. The molecular formula is C18H17N3O. The highest BCUT2D eigenvalue weighted by atomic mass is 16.5. The number of nitrogens with zero attached hydrogens (tertiary/aromatic N) is 2. The Morgan fingerprint density at radius 1 is 1.18 bits per heavy atom. The number of hydrogen-bond donors (Lipinski definition) is 1. The van der Waals surface area contributed by atoms with Crippen LogP contribution in [0.25, 0.3) is 22.2 Å². The van der Waals surface area contributed by atoms with Gasteiger partial charge >= 0.3 is 0 Å². The van der Waals surface area contributed by atoms with E-state index in [0.717, 1.165) is 34.5 Å². The maximum absolute atomic E-state index is 9.68. The fourth-order valence-corrected chi connectivity index (χ4v) is 2.84. The van der Waals surface area contributed by atoms with Crippen LogP contribution in [0.4, 0.5) is 5.69 Å². The third kappa shape index (κ3) is 2.08. The number of aryl methyl sites for hydroxylation is 1. The standard InChI is InChI=1S/C18H17N3O/c1-3-21-17-9-8-14(22-2)10-15(17)16(11-19)18(21)12-4-6-13(20)7-5-12/h4-10H,3,20H2,1-2H3. The van der Waals surface area contributed by atoms with Crippen molar-refractivity contribution in [3.05, 3.63) is 48.0 Å². The Kier molecular flexibility index (Phi) is 3.48. The minimum atomic E-state index is 0.667. The molecule has 0 aliphatic heterocycles. The molecule has 4 nitrogen and oxygen atoms in total. The molecule has 0 atom stereocenters. The number of ether oxygens (including phenoxy) is 1. The van der Waals surface area contributed by atoms with Crippen molar-refractivity contribution >= 4 is 16.6 Å². The lowest BCUT2D eigenvalue weighted by Crippen LogP contribution is -1.97. The van der Waals surface area contributed by atoms with E-state index in [2.05, 4.69) is 17.6 Å². The zero-order valence-electron chi connectivity index (χ0n) is 12.6. The minimum Gasteiger partial charge on any atom is -0.497 e. The number of rotatable bonds is 3. The van der Waals surface area contributed by atoms with Gasteiger partial charge in [0.1, 0.15) is 11.8 Å². The summed E-state index contributed by atoms with van der Waals surface area (Å²) in [5.74, 6) is 0.751. The third-order valence-electron chi connectivity index (χ3n) is 3.88. The first-order valence-corrected chi connectivity index (χ1v) is 7.15. The molecule has 0 saturated heterocycles. The SMILES string of the molecule is CCn1c(-c2ccc(N)cc2)c(C#N)c2cc(OC)ccc21. The van der Waals surface area contributed by atoms with Gasteiger partial charge in [-0.25, -0.2) is 0 Å². The maximum Gasteiger partial charge on any atom is 0.119 e. The van der Waals surface area contributed by atoms with Crippen molar-refractivity contribution < 1.29 is 4.74 Å². The molecule has 0 amide bonds. The number of nitrogen functional groups attached to an aromatic ring is 1. The second-order valence-electron chi connectivity index (χ2n) is 5.08. The van der Waals surface area contributed by atoms with Crippen molar-refractivity contribution in [2.45, 2.75) is 13.5 Å². The highest BCUT2D eigenvalue weighted by Crippen LogP contribution is 2.35. The van der Waals surface area contributed by atoms with Crippen LogP contribution in [0.3, 0.4) is 0 Å². The molecule has 0 fully saturated rings. The molecule has 2 aromatic carbocycles. The predicted molar refractivity (Wildman–Crippen MR) is 88.7 cm³/mol. The monoisotopic (exact) mass is 291 g/mol. The van der Waals surface area contributed by atoms with Gasteiger partial charge in [0.2, 0.25) is 0 Å². The molecule has 0 saturated carbocycles. The van der Waals surface area contributed by atoms with Gasteiger partial charge < -0.3 is 15.0 Å². The van der Waals surface area contributed by atoms with Crippen LogP contribution in [0, 0.1) is 11.3 Å². The summed E-state index contributed by atoms with van der Waals surface area (Å²) in [6.07, 6.45) is 0. The van der Waals surface area contributed by atoms with Gasteiger partial charge in [0.05, 0.1) is 23.9 Å². The highest BCUT2D eigenvalue weighted by Gasteiger charge is 2.18. The predicted octanol–water partition coefficient (Wildman–Crippen LogP) is 3.79. The molecule has 1 aromatic heterocycles. The van der Waals surface area contributed by atoms with Crippen LogP contribution in [0.15, 0.2) is 42.5 Å². The molecule has 3 aromatic rings. The zero-order chi connectivity index (χ0) is 15.7. The Hall–Kier alpha value is -2.93. The van der Waals surface area contributed by atoms with Crippen molar-refractivity contribution in [1.82, 2.24) is 4.57 Å². The first-order valence-electron chi connectivity index (χ1n) is 7.15. The summed E-state index contributed by atoms with van der Waals surface area (Å²) < 4.78 is 7.44. The second kappa shape index (κ2) is 5.45. The van der Waals surface area contributed by atoms with Crippen LogP contribution in [0.1, 0.15) is 12.5 Å². The van der Waals surface area contributed by atoms with Gasteiger partial charge in [-0.3, -0.25) is 0 Å². The van der Waals surface area contributed by atoms with E-state index >= 15 is 0 Å². The van der Waals surface area contributed by atoms with E-state index in [1.807, 2.05) is 42.5 Å². The van der Waals surface area contributed by atoms with Crippen molar-refractivity contribution in [2.75, 3.05) is 12.8 Å².